The third-order valence-corrected chi connectivity index (χ3v) is 2.93. The topological polar surface area (TPSA) is 102 Å². The van der Waals surface area contributed by atoms with Crippen LogP contribution in [-0.4, -0.2) is 17.4 Å². The lowest BCUT2D eigenvalue weighted by Gasteiger charge is -2.21. The number of nitrogens with two attached hydrogens (primary N) is 1. The van der Waals surface area contributed by atoms with Crippen LogP contribution in [0.3, 0.4) is 0 Å². The van der Waals surface area contributed by atoms with Crippen molar-refractivity contribution in [3.63, 3.8) is 0 Å². The number of primary amides is 1. The van der Waals surface area contributed by atoms with Crippen LogP contribution in [0.5, 0.6) is 0 Å². The van der Waals surface area contributed by atoms with Gasteiger partial charge < -0.3 is 15.5 Å². The van der Waals surface area contributed by atoms with Crippen molar-refractivity contribution >= 4 is 22.8 Å². The highest BCUT2D eigenvalue weighted by Crippen LogP contribution is 2.13. The van der Waals surface area contributed by atoms with Crippen molar-refractivity contribution in [3.8, 4) is 0 Å². The maximum absolute atomic E-state index is 12.1. The molecule has 1 heterocycles. The number of rotatable bonds is 3. The number of amides is 2. The summed E-state index contributed by atoms with van der Waals surface area (Å²) in [6.07, 6.45) is 0. The zero-order valence-electron chi connectivity index (χ0n) is 11.1. The van der Waals surface area contributed by atoms with Crippen molar-refractivity contribution in [2.24, 2.45) is 5.73 Å². The first-order valence-electron chi connectivity index (χ1n) is 5.96. The Balaban J connectivity index is 2.43. The van der Waals surface area contributed by atoms with Gasteiger partial charge in [0.25, 0.3) is 5.91 Å². The molecule has 0 radical (unpaired) electrons. The molecule has 1 aromatic carbocycles. The van der Waals surface area contributed by atoms with Crippen molar-refractivity contribution in [1.82, 2.24) is 5.32 Å². The predicted molar refractivity (Wildman–Crippen MR) is 73.2 cm³/mol. The molecule has 0 fully saturated rings. The number of hydrogen-bond donors (Lipinski definition) is 2. The van der Waals surface area contributed by atoms with Gasteiger partial charge in [0.15, 0.2) is 0 Å². The molecule has 0 atom stereocenters. The summed E-state index contributed by atoms with van der Waals surface area (Å²) in [5, 5.41) is 3.02. The van der Waals surface area contributed by atoms with Gasteiger partial charge in [-0.25, -0.2) is 4.79 Å². The number of nitrogens with one attached hydrogen (secondary N) is 1. The molecule has 0 aliphatic rings. The number of carbonyl (C=O) groups excluding carboxylic acids is 2. The molecule has 3 N–H and O–H groups in total. The first-order valence-corrected chi connectivity index (χ1v) is 5.96. The molecule has 6 nitrogen and oxygen atoms in total. The van der Waals surface area contributed by atoms with E-state index < -0.39 is 23.0 Å². The number of fused-ring (bicyclic) bond motifs is 1. The first-order chi connectivity index (χ1) is 9.31. The van der Waals surface area contributed by atoms with Gasteiger partial charge in [0.05, 0.1) is 0 Å². The minimum atomic E-state index is -1.25. The Bertz CT molecular complexity index is 746. The van der Waals surface area contributed by atoms with Gasteiger partial charge in [-0.1, -0.05) is 18.2 Å². The van der Waals surface area contributed by atoms with Crippen molar-refractivity contribution in [2.75, 3.05) is 0 Å². The molecule has 6 heteroatoms. The van der Waals surface area contributed by atoms with Crippen LogP contribution < -0.4 is 16.7 Å². The lowest BCUT2D eigenvalue weighted by Crippen LogP contribution is -2.53. The van der Waals surface area contributed by atoms with Crippen LogP contribution in [0.4, 0.5) is 0 Å². The zero-order chi connectivity index (χ0) is 14.9. The summed E-state index contributed by atoms with van der Waals surface area (Å²) in [6, 6.07) is 8.26. The highest BCUT2D eigenvalue weighted by atomic mass is 16.4. The minimum Gasteiger partial charge on any atom is -0.422 e. The van der Waals surface area contributed by atoms with Gasteiger partial charge in [-0.3, -0.25) is 9.59 Å². The summed E-state index contributed by atoms with van der Waals surface area (Å²) < 4.78 is 5.06. The van der Waals surface area contributed by atoms with Crippen molar-refractivity contribution in [1.29, 1.82) is 0 Å². The van der Waals surface area contributed by atoms with Crippen molar-refractivity contribution in [3.05, 3.63) is 46.3 Å². The van der Waals surface area contributed by atoms with Gasteiger partial charge >= 0.3 is 5.63 Å². The zero-order valence-corrected chi connectivity index (χ0v) is 11.1. The fourth-order valence-electron chi connectivity index (χ4n) is 1.63. The highest BCUT2D eigenvalue weighted by Gasteiger charge is 2.28. The normalized spacial score (nSPS) is 11.3. The summed E-state index contributed by atoms with van der Waals surface area (Å²) in [6.45, 7) is 2.91. The van der Waals surface area contributed by atoms with Crippen LogP contribution in [0.25, 0.3) is 11.0 Å². The maximum atomic E-state index is 12.1. The molecule has 20 heavy (non-hydrogen) atoms. The highest BCUT2D eigenvalue weighted by molar-refractivity contribution is 6.00. The fourth-order valence-corrected chi connectivity index (χ4v) is 1.63. The molecule has 0 unspecified atom stereocenters. The molecule has 1 aromatic heterocycles. The summed E-state index contributed by atoms with van der Waals surface area (Å²) in [5.74, 6) is -1.40. The van der Waals surface area contributed by atoms with Gasteiger partial charge in [-0.2, -0.15) is 0 Å². The van der Waals surface area contributed by atoms with E-state index in [1.54, 1.807) is 24.3 Å². The Hall–Kier alpha value is -2.63. The number of benzene rings is 1. The van der Waals surface area contributed by atoms with E-state index in [0.29, 0.717) is 11.0 Å². The van der Waals surface area contributed by atoms with Crippen LogP contribution in [-0.2, 0) is 4.79 Å². The lowest BCUT2D eigenvalue weighted by atomic mass is 10.0. The summed E-state index contributed by atoms with van der Waals surface area (Å²) >= 11 is 0. The van der Waals surface area contributed by atoms with E-state index in [9.17, 15) is 14.4 Å². The van der Waals surface area contributed by atoms with Crippen molar-refractivity contribution in [2.45, 2.75) is 19.4 Å². The monoisotopic (exact) mass is 274 g/mol. The molecule has 0 aliphatic carbocycles. The van der Waals surface area contributed by atoms with Gasteiger partial charge in [-0.05, 0) is 26.0 Å². The SMILES string of the molecule is CC(C)(NC(=O)c1cc2ccccc2oc1=O)C(N)=O. The second kappa shape index (κ2) is 4.80. The molecule has 2 amide bonds. The van der Waals surface area contributed by atoms with Gasteiger partial charge in [0.1, 0.15) is 16.7 Å². The molecule has 2 rings (SSSR count). The predicted octanol–water partition coefficient (Wildman–Crippen LogP) is 0.787. The minimum absolute atomic E-state index is 0.168. The fraction of sp³-hybridized carbons (Fsp3) is 0.214. The van der Waals surface area contributed by atoms with Crippen LogP contribution in [0.15, 0.2) is 39.5 Å². The molecule has 0 saturated heterocycles. The van der Waals surface area contributed by atoms with Crippen LogP contribution in [0, 0.1) is 0 Å². The average molecular weight is 274 g/mol. The van der Waals surface area contributed by atoms with Crippen LogP contribution in [0.1, 0.15) is 24.2 Å². The van der Waals surface area contributed by atoms with E-state index in [2.05, 4.69) is 5.32 Å². The Kier molecular flexibility index (Phi) is 3.31. The Morgan fingerprint density at radius 1 is 1.25 bits per heavy atom. The van der Waals surface area contributed by atoms with Gasteiger partial charge in [-0.15, -0.1) is 0 Å². The summed E-state index contributed by atoms with van der Waals surface area (Å²) in [7, 11) is 0. The molecular weight excluding hydrogens is 260 g/mol. The third kappa shape index (κ3) is 2.54. The Morgan fingerprint density at radius 3 is 2.55 bits per heavy atom. The van der Waals surface area contributed by atoms with Gasteiger partial charge in [0, 0.05) is 5.39 Å². The van der Waals surface area contributed by atoms with Crippen molar-refractivity contribution < 1.29 is 14.0 Å². The average Bonchev–Trinajstić information content (AvgIpc) is 2.37. The van der Waals surface area contributed by atoms with E-state index in [1.165, 1.54) is 19.9 Å². The van der Waals surface area contributed by atoms with E-state index in [1.807, 2.05) is 0 Å². The van der Waals surface area contributed by atoms with Crippen LogP contribution in [0.2, 0.25) is 0 Å². The summed E-state index contributed by atoms with van der Waals surface area (Å²) in [5.41, 5.74) is 3.38. The lowest BCUT2D eigenvalue weighted by molar-refractivity contribution is -0.122. The quantitative estimate of drug-likeness (QED) is 0.807. The number of hydrogen-bond acceptors (Lipinski definition) is 4. The smallest absolute Gasteiger partial charge is 0.349 e. The third-order valence-electron chi connectivity index (χ3n) is 2.93. The first kappa shape index (κ1) is 13.8. The Labute approximate surface area is 114 Å². The van der Waals surface area contributed by atoms with Gasteiger partial charge in [0.2, 0.25) is 5.91 Å². The second-order valence-electron chi connectivity index (χ2n) is 4.93. The van der Waals surface area contributed by atoms with E-state index in [4.69, 9.17) is 10.2 Å². The summed E-state index contributed by atoms with van der Waals surface area (Å²) in [4.78, 5) is 35.0. The molecule has 0 spiro atoms. The largest absolute Gasteiger partial charge is 0.422 e. The Morgan fingerprint density at radius 2 is 1.90 bits per heavy atom. The molecular formula is C14H14N2O4. The molecule has 0 saturated carbocycles. The molecule has 0 bridgehead atoms. The van der Waals surface area contributed by atoms with Crippen LogP contribution >= 0.6 is 0 Å². The maximum Gasteiger partial charge on any atom is 0.349 e. The standard InChI is InChI=1S/C14H14N2O4/c1-14(2,13(15)19)16-11(17)9-7-8-5-3-4-6-10(8)20-12(9)18/h3-7H,1-2H3,(H2,15,19)(H,16,17). The molecule has 2 aromatic rings. The number of para-hydroxylation sites is 1. The van der Waals surface area contributed by atoms with E-state index in [0.717, 1.165) is 0 Å². The molecule has 0 aliphatic heterocycles. The second-order valence-corrected chi connectivity index (χ2v) is 4.93. The van der Waals surface area contributed by atoms with E-state index in [-0.39, 0.29) is 5.56 Å². The van der Waals surface area contributed by atoms with E-state index >= 15 is 0 Å². The number of carbonyl (C=O) groups is 2. The molecule has 104 valence electrons.